The van der Waals surface area contributed by atoms with Gasteiger partial charge in [0.2, 0.25) is 0 Å². The Morgan fingerprint density at radius 3 is 2.43 bits per heavy atom. The third-order valence-corrected chi connectivity index (χ3v) is 0.644. The van der Waals surface area contributed by atoms with Crippen molar-refractivity contribution >= 4 is 0 Å². The molecule has 0 saturated heterocycles. The van der Waals surface area contributed by atoms with Gasteiger partial charge in [-0.2, -0.15) is 0 Å². The third kappa shape index (κ3) is 5.50. The molecule has 0 fully saturated rings. The predicted molar refractivity (Wildman–Crippen MR) is 31.6 cm³/mol. The lowest BCUT2D eigenvalue weighted by molar-refractivity contribution is 0.756. The first kappa shape index (κ1) is 6.50. The maximum absolute atomic E-state index is 5.37. The summed E-state index contributed by atoms with van der Waals surface area (Å²) in [6, 6.07) is 0.236. The summed E-state index contributed by atoms with van der Waals surface area (Å²) < 4.78 is 0. The summed E-state index contributed by atoms with van der Waals surface area (Å²) in [5.41, 5.74) is 10.4. The lowest BCUT2D eigenvalue weighted by Gasteiger charge is -1.94. The summed E-state index contributed by atoms with van der Waals surface area (Å²) in [4.78, 5) is 0. The molecule has 1 atom stereocenters. The van der Waals surface area contributed by atoms with Crippen LogP contribution in [0.25, 0.3) is 0 Å². The van der Waals surface area contributed by atoms with Gasteiger partial charge in [-0.1, -0.05) is 6.08 Å². The van der Waals surface area contributed by atoms with Crippen LogP contribution in [0.5, 0.6) is 0 Å². The Labute approximate surface area is 44.2 Å². The van der Waals surface area contributed by atoms with E-state index in [4.69, 9.17) is 11.5 Å². The van der Waals surface area contributed by atoms with Crippen LogP contribution in [0.3, 0.4) is 0 Å². The van der Waals surface area contributed by atoms with Crippen molar-refractivity contribution in [3.8, 4) is 0 Å². The Kier molecular flexibility index (Phi) is 3.42. The van der Waals surface area contributed by atoms with Gasteiger partial charge >= 0.3 is 0 Å². The zero-order chi connectivity index (χ0) is 5.70. The van der Waals surface area contributed by atoms with Crippen LogP contribution in [-0.4, -0.2) is 6.04 Å². The zero-order valence-electron chi connectivity index (χ0n) is 4.59. The minimum atomic E-state index is 0.236. The normalized spacial score (nSPS) is 15.1. The van der Waals surface area contributed by atoms with Crippen molar-refractivity contribution in [3.63, 3.8) is 0 Å². The molecule has 0 radical (unpaired) electrons. The number of rotatable bonds is 2. The number of hydrogen-bond donors (Lipinski definition) is 2. The smallest absolute Gasteiger partial charge is 0.00456 e. The molecule has 0 saturated carbocycles. The first-order chi connectivity index (χ1) is 3.27. The summed E-state index contributed by atoms with van der Waals surface area (Å²) in [5, 5.41) is 0. The molecular formula is C5H12N2. The van der Waals surface area contributed by atoms with E-state index in [1.165, 1.54) is 6.20 Å². The first-order valence-electron chi connectivity index (χ1n) is 2.39. The van der Waals surface area contributed by atoms with Crippen molar-refractivity contribution in [1.82, 2.24) is 0 Å². The largest absolute Gasteiger partial charge is 0.405 e. The molecule has 4 N–H and O–H groups in total. The Morgan fingerprint density at radius 2 is 2.29 bits per heavy atom. The minimum Gasteiger partial charge on any atom is -0.405 e. The molecule has 0 aliphatic heterocycles. The second-order valence-corrected chi connectivity index (χ2v) is 1.64. The molecule has 1 unspecified atom stereocenters. The topological polar surface area (TPSA) is 52.0 Å². The highest BCUT2D eigenvalue weighted by molar-refractivity contribution is 4.78. The van der Waals surface area contributed by atoms with Gasteiger partial charge in [-0.3, -0.25) is 0 Å². The van der Waals surface area contributed by atoms with Gasteiger partial charge in [-0.15, -0.1) is 0 Å². The van der Waals surface area contributed by atoms with E-state index in [0.717, 1.165) is 6.42 Å². The van der Waals surface area contributed by atoms with Crippen LogP contribution < -0.4 is 11.5 Å². The fraction of sp³-hybridized carbons (Fsp3) is 0.600. The van der Waals surface area contributed by atoms with E-state index in [2.05, 4.69) is 0 Å². The average molecular weight is 100 g/mol. The molecule has 0 amide bonds. The highest BCUT2D eigenvalue weighted by Crippen LogP contribution is 1.83. The molecule has 7 heavy (non-hydrogen) atoms. The summed E-state index contributed by atoms with van der Waals surface area (Å²) in [5.74, 6) is 0. The van der Waals surface area contributed by atoms with E-state index < -0.39 is 0 Å². The summed E-state index contributed by atoms with van der Waals surface area (Å²) >= 11 is 0. The summed E-state index contributed by atoms with van der Waals surface area (Å²) in [6.07, 6.45) is 4.24. The first-order valence-corrected chi connectivity index (χ1v) is 2.39. The van der Waals surface area contributed by atoms with Gasteiger partial charge in [0.05, 0.1) is 0 Å². The molecule has 0 aliphatic carbocycles. The van der Waals surface area contributed by atoms with Gasteiger partial charge in [-0.05, 0) is 19.5 Å². The van der Waals surface area contributed by atoms with E-state index in [9.17, 15) is 0 Å². The molecule has 2 nitrogen and oxygen atoms in total. The fourth-order valence-electron chi connectivity index (χ4n) is 0.293. The molecule has 0 aromatic rings. The standard InChI is InChI=1S/C5H12N2/c1-5(7)3-2-4-6/h2,4-5H,3,6-7H2,1H3/b4-2-. The third-order valence-electron chi connectivity index (χ3n) is 0.644. The fourth-order valence-corrected chi connectivity index (χ4v) is 0.293. The van der Waals surface area contributed by atoms with Crippen molar-refractivity contribution in [1.29, 1.82) is 0 Å². The molecule has 0 heterocycles. The summed E-state index contributed by atoms with van der Waals surface area (Å²) in [7, 11) is 0. The number of hydrogen-bond acceptors (Lipinski definition) is 2. The quantitative estimate of drug-likeness (QED) is 0.520. The molecule has 42 valence electrons. The SMILES string of the molecule is CC(N)C/C=C\N. The molecule has 0 bridgehead atoms. The van der Waals surface area contributed by atoms with Gasteiger partial charge in [0.25, 0.3) is 0 Å². The van der Waals surface area contributed by atoms with Crippen LogP contribution in [0.2, 0.25) is 0 Å². The second-order valence-electron chi connectivity index (χ2n) is 1.64. The molecule has 2 heteroatoms. The maximum Gasteiger partial charge on any atom is 0.00456 e. The Bertz CT molecular complexity index is 57.1. The van der Waals surface area contributed by atoms with Crippen LogP contribution >= 0.6 is 0 Å². The zero-order valence-corrected chi connectivity index (χ0v) is 4.59. The van der Waals surface area contributed by atoms with Crippen LogP contribution in [0.4, 0.5) is 0 Å². The predicted octanol–water partition coefficient (Wildman–Crippen LogP) is 0.196. The highest BCUT2D eigenvalue weighted by Gasteiger charge is 1.83. The van der Waals surface area contributed by atoms with Crippen molar-refractivity contribution < 1.29 is 0 Å². The van der Waals surface area contributed by atoms with E-state index in [-0.39, 0.29) is 6.04 Å². The van der Waals surface area contributed by atoms with Crippen LogP contribution in [0, 0.1) is 0 Å². The summed E-state index contributed by atoms with van der Waals surface area (Å²) in [6.45, 7) is 1.94. The molecule has 0 aromatic carbocycles. The number of nitrogens with two attached hydrogens (primary N) is 2. The van der Waals surface area contributed by atoms with E-state index >= 15 is 0 Å². The average Bonchev–Trinajstić information content (AvgIpc) is 1.61. The van der Waals surface area contributed by atoms with Gasteiger partial charge in [0, 0.05) is 6.04 Å². The van der Waals surface area contributed by atoms with E-state index in [0.29, 0.717) is 0 Å². The molecule has 0 aliphatic rings. The van der Waals surface area contributed by atoms with Crippen LogP contribution in [0.15, 0.2) is 12.3 Å². The van der Waals surface area contributed by atoms with E-state index in [1.807, 2.05) is 13.0 Å². The van der Waals surface area contributed by atoms with Gasteiger partial charge in [0.1, 0.15) is 0 Å². The monoisotopic (exact) mass is 100 g/mol. The van der Waals surface area contributed by atoms with Crippen molar-refractivity contribution in [3.05, 3.63) is 12.3 Å². The minimum absolute atomic E-state index is 0.236. The molecule has 0 spiro atoms. The maximum atomic E-state index is 5.37. The molecule has 0 aromatic heterocycles. The van der Waals surface area contributed by atoms with Gasteiger partial charge in [-0.25, -0.2) is 0 Å². The lowest BCUT2D eigenvalue weighted by atomic mass is 10.2. The highest BCUT2D eigenvalue weighted by atomic mass is 14.6. The second kappa shape index (κ2) is 3.68. The molecular weight excluding hydrogens is 88.1 g/mol. The molecule has 0 rings (SSSR count). The van der Waals surface area contributed by atoms with Crippen molar-refractivity contribution in [2.24, 2.45) is 11.5 Å². The van der Waals surface area contributed by atoms with Crippen molar-refractivity contribution in [2.75, 3.05) is 0 Å². The lowest BCUT2D eigenvalue weighted by Crippen LogP contribution is -2.12. The van der Waals surface area contributed by atoms with Crippen molar-refractivity contribution in [2.45, 2.75) is 19.4 Å². The van der Waals surface area contributed by atoms with E-state index in [1.54, 1.807) is 0 Å². The van der Waals surface area contributed by atoms with Crippen LogP contribution in [0.1, 0.15) is 13.3 Å². The Hall–Kier alpha value is -0.500. The van der Waals surface area contributed by atoms with Gasteiger partial charge in [0.15, 0.2) is 0 Å². The Balaban J connectivity index is 2.97. The van der Waals surface area contributed by atoms with Gasteiger partial charge < -0.3 is 11.5 Å². The Morgan fingerprint density at radius 1 is 1.71 bits per heavy atom. The van der Waals surface area contributed by atoms with Crippen LogP contribution in [-0.2, 0) is 0 Å².